The van der Waals surface area contributed by atoms with Crippen molar-refractivity contribution in [1.29, 1.82) is 0 Å². The van der Waals surface area contributed by atoms with E-state index in [4.69, 9.17) is 16.3 Å². The quantitative estimate of drug-likeness (QED) is 0.590. The number of nitrogens with zero attached hydrogens (tertiary/aromatic N) is 1. The maximum absolute atomic E-state index is 13.1. The highest BCUT2D eigenvalue weighted by molar-refractivity contribution is 7.89. The maximum Gasteiger partial charge on any atom is 0.254 e. The van der Waals surface area contributed by atoms with E-state index in [1.807, 2.05) is 42.5 Å². The Labute approximate surface area is 192 Å². The molecule has 3 aromatic carbocycles. The van der Waals surface area contributed by atoms with Crippen LogP contribution in [-0.2, 0) is 21.3 Å². The molecule has 0 radical (unpaired) electrons. The van der Waals surface area contributed by atoms with Gasteiger partial charge in [0.05, 0.1) is 18.0 Å². The number of nitrogens with one attached hydrogen (secondary N) is 1. The van der Waals surface area contributed by atoms with Gasteiger partial charge in [0.2, 0.25) is 10.0 Å². The number of hydrogen-bond acceptors (Lipinski definition) is 4. The molecule has 6 nitrogen and oxygen atoms in total. The first-order valence-corrected chi connectivity index (χ1v) is 12.1. The molecule has 0 spiro atoms. The molecular weight excluding hydrogens is 448 g/mol. The summed E-state index contributed by atoms with van der Waals surface area (Å²) in [5, 5.41) is 0.636. The van der Waals surface area contributed by atoms with Crippen LogP contribution in [-0.4, -0.2) is 38.9 Å². The van der Waals surface area contributed by atoms with Gasteiger partial charge in [-0.3, -0.25) is 4.79 Å². The molecule has 8 heteroatoms. The summed E-state index contributed by atoms with van der Waals surface area (Å²) >= 11 is 5.96. The van der Waals surface area contributed by atoms with E-state index in [0.29, 0.717) is 30.3 Å². The van der Waals surface area contributed by atoms with Crippen LogP contribution in [0, 0.1) is 0 Å². The van der Waals surface area contributed by atoms with E-state index < -0.39 is 10.0 Å². The number of carbonyl (C=O) groups is 1. The molecule has 0 saturated carbocycles. The van der Waals surface area contributed by atoms with Crippen LogP contribution in [0.25, 0.3) is 0 Å². The topological polar surface area (TPSA) is 75.7 Å². The number of hydrogen-bond donors (Lipinski definition) is 1. The highest BCUT2D eigenvalue weighted by atomic mass is 35.5. The van der Waals surface area contributed by atoms with Gasteiger partial charge in [-0.25, -0.2) is 13.1 Å². The summed E-state index contributed by atoms with van der Waals surface area (Å²) in [6.45, 7) is 1.39. The highest BCUT2D eigenvalue weighted by Crippen LogP contribution is 2.25. The molecule has 0 bridgehead atoms. The number of sulfonamides is 1. The average molecular weight is 471 g/mol. The Kier molecular flexibility index (Phi) is 6.91. The molecule has 0 aliphatic carbocycles. The van der Waals surface area contributed by atoms with Crippen molar-refractivity contribution in [2.75, 3.05) is 19.7 Å². The van der Waals surface area contributed by atoms with E-state index in [1.165, 1.54) is 12.1 Å². The second-order valence-electron chi connectivity index (χ2n) is 7.50. The van der Waals surface area contributed by atoms with Crippen LogP contribution < -0.4 is 4.72 Å². The van der Waals surface area contributed by atoms with Crippen LogP contribution in [0.3, 0.4) is 0 Å². The molecule has 1 amide bonds. The summed E-state index contributed by atoms with van der Waals surface area (Å²) in [6.07, 6.45) is -0.260. The third-order valence-corrected chi connectivity index (χ3v) is 6.95. The molecule has 32 heavy (non-hydrogen) atoms. The van der Waals surface area contributed by atoms with Crippen LogP contribution in [0.15, 0.2) is 83.8 Å². The van der Waals surface area contributed by atoms with E-state index in [2.05, 4.69) is 4.72 Å². The molecular formula is C24H23ClN2O4S. The maximum atomic E-state index is 13.1. The number of carbonyl (C=O) groups excluding carboxylic acids is 1. The molecule has 1 heterocycles. The molecule has 1 N–H and O–H groups in total. The lowest BCUT2D eigenvalue weighted by molar-refractivity contribution is -0.0228. The first kappa shape index (κ1) is 22.5. The van der Waals surface area contributed by atoms with Crippen molar-refractivity contribution >= 4 is 27.5 Å². The van der Waals surface area contributed by atoms with Crippen molar-refractivity contribution < 1.29 is 17.9 Å². The van der Waals surface area contributed by atoms with Gasteiger partial charge in [0.1, 0.15) is 6.10 Å². The van der Waals surface area contributed by atoms with Gasteiger partial charge in [0, 0.05) is 23.7 Å². The lowest BCUT2D eigenvalue weighted by Gasteiger charge is -2.33. The molecule has 1 saturated heterocycles. The predicted molar refractivity (Wildman–Crippen MR) is 123 cm³/mol. The fraction of sp³-hybridized carbons (Fsp3) is 0.208. The summed E-state index contributed by atoms with van der Waals surface area (Å²) in [7, 11) is -3.76. The molecule has 166 valence electrons. The summed E-state index contributed by atoms with van der Waals surface area (Å²) in [6, 6.07) is 22.7. The Bertz CT molecular complexity index is 1180. The molecule has 3 aromatic rings. The third kappa shape index (κ3) is 5.37. The van der Waals surface area contributed by atoms with Crippen molar-refractivity contribution in [2.24, 2.45) is 0 Å². The minimum absolute atomic E-state index is 0.0572. The molecule has 1 unspecified atom stereocenters. The van der Waals surface area contributed by atoms with Gasteiger partial charge in [-0.2, -0.15) is 0 Å². The smallest absolute Gasteiger partial charge is 0.254 e. The van der Waals surface area contributed by atoms with E-state index in [9.17, 15) is 13.2 Å². The Morgan fingerprint density at radius 3 is 2.53 bits per heavy atom. The second-order valence-corrected chi connectivity index (χ2v) is 9.70. The monoisotopic (exact) mass is 470 g/mol. The first-order valence-electron chi connectivity index (χ1n) is 10.2. The molecule has 1 aliphatic heterocycles. The number of rotatable bonds is 6. The first-order chi connectivity index (χ1) is 15.4. The molecule has 4 rings (SSSR count). The van der Waals surface area contributed by atoms with Gasteiger partial charge in [-0.15, -0.1) is 0 Å². The van der Waals surface area contributed by atoms with Gasteiger partial charge < -0.3 is 9.64 Å². The zero-order chi connectivity index (χ0) is 22.6. The number of benzene rings is 3. The normalized spacial score (nSPS) is 16.7. The Morgan fingerprint density at radius 1 is 1.03 bits per heavy atom. The summed E-state index contributed by atoms with van der Waals surface area (Å²) in [4.78, 5) is 14.9. The van der Waals surface area contributed by atoms with Crippen LogP contribution in [0.5, 0.6) is 0 Å². The van der Waals surface area contributed by atoms with Gasteiger partial charge in [0.25, 0.3) is 5.91 Å². The van der Waals surface area contributed by atoms with Crippen LogP contribution in [0.2, 0.25) is 5.02 Å². The lowest BCUT2D eigenvalue weighted by atomic mass is 10.1. The Hall–Kier alpha value is -2.71. The van der Waals surface area contributed by atoms with E-state index in [0.717, 1.165) is 11.1 Å². The van der Waals surface area contributed by atoms with Gasteiger partial charge >= 0.3 is 0 Å². The highest BCUT2D eigenvalue weighted by Gasteiger charge is 2.27. The molecule has 1 aliphatic rings. The van der Waals surface area contributed by atoms with Gasteiger partial charge in [-0.1, -0.05) is 60.1 Å². The number of morpholine rings is 1. The fourth-order valence-electron chi connectivity index (χ4n) is 3.55. The van der Waals surface area contributed by atoms with E-state index in [1.54, 1.807) is 29.2 Å². The van der Waals surface area contributed by atoms with Gasteiger partial charge in [-0.05, 0) is 41.5 Å². The van der Waals surface area contributed by atoms with Crippen LogP contribution in [0.4, 0.5) is 0 Å². The van der Waals surface area contributed by atoms with Crippen molar-refractivity contribution in [3.63, 3.8) is 0 Å². The minimum Gasteiger partial charge on any atom is -0.370 e. The van der Waals surface area contributed by atoms with Crippen molar-refractivity contribution in [2.45, 2.75) is 17.5 Å². The van der Waals surface area contributed by atoms with Crippen LogP contribution >= 0.6 is 11.6 Å². The number of halogens is 1. The number of ether oxygens (including phenoxy) is 1. The predicted octanol–water partition coefficient (Wildman–Crippen LogP) is 4.03. The summed E-state index contributed by atoms with van der Waals surface area (Å²) in [5.41, 5.74) is 2.11. The molecule has 0 aromatic heterocycles. The Morgan fingerprint density at radius 2 is 1.78 bits per heavy atom. The zero-order valence-corrected chi connectivity index (χ0v) is 18.9. The lowest BCUT2D eigenvalue weighted by Crippen LogP contribution is -2.42. The standard InChI is InChI=1S/C24H23ClN2O4S/c25-21-11-9-19(10-12-21)23-17-27(13-14-31-23)24(28)20-7-4-8-22(15-20)32(29,30)26-16-18-5-2-1-3-6-18/h1-12,15,23,26H,13-14,16-17H2. The van der Waals surface area contributed by atoms with Crippen LogP contribution in [0.1, 0.15) is 27.6 Å². The SMILES string of the molecule is O=C(c1cccc(S(=O)(=O)NCc2ccccc2)c1)N1CCOC(c2ccc(Cl)cc2)C1. The molecule has 1 atom stereocenters. The van der Waals surface area contributed by atoms with Crippen molar-refractivity contribution in [3.05, 3.63) is 101 Å². The van der Waals surface area contributed by atoms with E-state index >= 15 is 0 Å². The molecule has 1 fully saturated rings. The minimum atomic E-state index is -3.76. The third-order valence-electron chi connectivity index (χ3n) is 5.30. The zero-order valence-electron chi connectivity index (χ0n) is 17.3. The number of amides is 1. The average Bonchev–Trinajstić information content (AvgIpc) is 2.84. The summed E-state index contributed by atoms with van der Waals surface area (Å²) < 4.78 is 33.9. The fourth-order valence-corrected chi connectivity index (χ4v) is 4.74. The summed E-state index contributed by atoms with van der Waals surface area (Å²) in [5.74, 6) is -0.229. The van der Waals surface area contributed by atoms with Gasteiger partial charge in [0.15, 0.2) is 0 Å². The van der Waals surface area contributed by atoms with Crippen molar-refractivity contribution in [1.82, 2.24) is 9.62 Å². The second kappa shape index (κ2) is 9.83. The van der Waals surface area contributed by atoms with Crippen molar-refractivity contribution in [3.8, 4) is 0 Å². The van der Waals surface area contributed by atoms with E-state index in [-0.39, 0.29) is 23.5 Å². The largest absolute Gasteiger partial charge is 0.370 e. The Balaban J connectivity index is 1.47.